The molecule has 0 saturated carbocycles. The van der Waals surface area contributed by atoms with E-state index < -0.39 is 0 Å². The second-order valence-corrected chi connectivity index (χ2v) is 7.96. The Balaban J connectivity index is 1.72. The van der Waals surface area contributed by atoms with Gasteiger partial charge in [0.25, 0.3) is 0 Å². The topological polar surface area (TPSA) is 32.9 Å². The molecule has 0 fully saturated rings. The average molecular weight is 362 g/mol. The zero-order valence-corrected chi connectivity index (χ0v) is 17.4. The molecule has 0 spiro atoms. The number of rotatable bonds is 19. The van der Waals surface area contributed by atoms with Crippen LogP contribution in [0.25, 0.3) is 0 Å². The monoisotopic (exact) mass is 361 g/mol. The second-order valence-electron chi connectivity index (χ2n) is 7.96. The van der Waals surface area contributed by atoms with Crippen molar-refractivity contribution in [3.63, 3.8) is 0 Å². The van der Waals surface area contributed by atoms with Crippen molar-refractivity contribution in [2.45, 2.75) is 122 Å². The minimum atomic E-state index is 0.701. The number of H-pyrrole nitrogens is 1. The van der Waals surface area contributed by atoms with Gasteiger partial charge in [-0.2, -0.15) is 0 Å². The van der Waals surface area contributed by atoms with Gasteiger partial charge in [0.1, 0.15) is 0 Å². The molecule has 1 heterocycles. The number of carbonyl (C=O) groups excluding carboxylic acids is 1. The molecule has 0 amide bonds. The highest BCUT2D eigenvalue weighted by atomic mass is 16.1. The van der Waals surface area contributed by atoms with Gasteiger partial charge in [0.2, 0.25) is 0 Å². The molecule has 2 heteroatoms. The lowest BCUT2D eigenvalue weighted by Gasteiger charge is -2.03. The van der Waals surface area contributed by atoms with Gasteiger partial charge in [-0.25, -0.2) is 0 Å². The number of nitrogens with one attached hydrogen (secondary N) is 1. The highest BCUT2D eigenvalue weighted by molar-refractivity contribution is 5.71. The van der Waals surface area contributed by atoms with E-state index in [9.17, 15) is 4.79 Å². The maximum absolute atomic E-state index is 10.6. The summed E-state index contributed by atoms with van der Waals surface area (Å²) in [6.07, 6.45) is 26.0. The molecule has 1 aromatic heterocycles. The summed E-state index contributed by atoms with van der Waals surface area (Å²) in [6, 6.07) is 3.91. The molecule has 1 N–H and O–H groups in total. The largest absolute Gasteiger partial charge is 0.356 e. The van der Waals surface area contributed by atoms with E-state index in [1.165, 1.54) is 115 Å². The van der Waals surface area contributed by atoms with E-state index in [0.717, 1.165) is 12.7 Å². The van der Waals surface area contributed by atoms with Gasteiger partial charge < -0.3 is 4.98 Å². The Kier molecular flexibility index (Phi) is 15.4. The van der Waals surface area contributed by atoms with Crippen molar-refractivity contribution in [2.24, 2.45) is 0 Å². The summed E-state index contributed by atoms with van der Waals surface area (Å²) >= 11 is 0. The highest BCUT2D eigenvalue weighted by Crippen LogP contribution is 2.14. The van der Waals surface area contributed by atoms with Gasteiger partial charge in [0, 0.05) is 5.69 Å². The molecule has 1 rings (SSSR count). The van der Waals surface area contributed by atoms with E-state index in [1.807, 2.05) is 12.1 Å². The number of aromatic nitrogens is 1. The number of unbranched alkanes of at least 4 members (excludes halogenated alkanes) is 16. The van der Waals surface area contributed by atoms with Gasteiger partial charge in [0.05, 0.1) is 5.69 Å². The van der Waals surface area contributed by atoms with Gasteiger partial charge in [-0.3, -0.25) is 4.79 Å². The third-order valence-corrected chi connectivity index (χ3v) is 5.45. The minimum Gasteiger partial charge on any atom is -0.356 e. The molecule has 0 bridgehead atoms. The van der Waals surface area contributed by atoms with Crippen molar-refractivity contribution in [1.82, 2.24) is 4.98 Å². The van der Waals surface area contributed by atoms with Gasteiger partial charge in [-0.05, 0) is 25.0 Å². The number of hydrogen-bond donors (Lipinski definition) is 1. The molecule has 0 saturated heterocycles. The van der Waals surface area contributed by atoms with E-state index in [-0.39, 0.29) is 0 Å². The summed E-state index contributed by atoms with van der Waals surface area (Å²) in [5, 5.41) is 0. The first-order valence-corrected chi connectivity index (χ1v) is 11.5. The molecule has 0 unspecified atom stereocenters. The van der Waals surface area contributed by atoms with Crippen LogP contribution in [0, 0.1) is 0 Å². The Morgan fingerprint density at radius 3 is 1.46 bits per heavy atom. The SMILES string of the molecule is CCCCCCCCCCCCCCCCCCCc1ccc(C=O)[nH]1. The Hall–Kier alpha value is -1.05. The first-order chi connectivity index (χ1) is 12.9. The predicted octanol–water partition coefficient (Wildman–Crippen LogP) is 8.02. The average Bonchev–Trinajstić information content (AvgIpc) is 3.12. The fourth-order valence-corrected chi connectivity index (χ4v) is 3.71. The van der Waals surface area contributed by atoms with E-state index in [1.54, 1.807) is 0 Å². The molecule has 0 aromatic carbocycles. The molecule has 2 nitrogen and oxygen atoms in total. The molecule has 0 aliphatic heterocycles. The third kappa shape index (κ3) is 13.2. The van der Waals surface area contributed by atoms with Crippen LogP contribution in [0.3, 0.4) is 0 Å². The van der Waals surface area contributed by atoms with Crippen LogP contribution in [0.5, 0.6) is 0 Å². The number of aromatic amines is 1. The maximum Gasteiger partial charge on any atom is 0.166 e. The number of aldehydes is 1. The smallest absolute Gasteiger partial charge is 0.166 e. The fraction of sp³-hybridized carbons (Fsp3) is 0.792. The van der Waals surface area contributed by atoms with Crippen LogP contribution in [-0.2, 0) is 6.42 Å². The van der Waals surface area contributed by atoms with E-state index in [0.29, 0.717) is 5.69 Å². The minimum absolute atomic E-state index is 0.701. The van der Waals surface area contributed by atoms with Crippen molar-refractivity contribution < 1.29 is 4.79 Å². The lowest BCUT2D eigenvalue weighted by Crippen LogP contribution is -1.88. The molecule has 0 aliphatic carbocycles. The van der Waals surface area contributed by atoms with Crippen molar-refractivity contribution in [2.75, 3.05) is 0 Å². The van der Waals surface area contributed by atoms with E-state index in [2.05, 4.69) is 11.9 Å². The van der Waals surface area contributed by atoms with Crippen molar-refractivity contribution >= 4 is 6.29 Å². The normalized spacial score (nSPS) is 11.1. The zero-order chi connectivity index (χ0) is 18.7. The summed E-state index contributed by atoms with van der Waals surface area (Å²) in [5.41, 5.74) is 1.90. The van der Waals surface area contributed by atoms with Gasteiger partial charge in [0.15, 0.2) is 6.29 Å². The van der Waals surface area contributed by atoms with Crippen LogP contribution in [-0.4, -0.2) is 11.3 Å². The quantitative estimate of drug-likeness (QED) is 0.196. The first kappa shape index (κ1) is 23.0. The van der Waals surface area contributed by atoms with E-state index >= 15 is 0 Å². The summed E-state index contributed by atoms with van der Waals surface area (Å²) < 4.78 is 0. The van der Waals surface area contributed by atoms with Crippen LogP contribution >= 0.6 is 0 Å². The maximum atomic E-state index is 10.6. The standard InChI is InChI=1S/C24H43NO/c1-2-3-4-5-6-7-8-9-10-11-12-13-14-15-16-17-18-19-23-20-21-24(22-26)25-23/h20-22,25H,2-19H2,1H3. The molecule has 0 aliphatic rings. The van der Waals surface area contributed by atoms with Crippen LogP contribution in [0.15, 0.2) is 12.1 Å². The first-order valence-electron chi connectivity index (χ1n) is 11.5. The molecule has 1 aromatic rings. The lowest BCUT2D eigenvalue weighted by atomic mass is 10.0. The van der Waals surface area contributed by atoms with Gasteiger partial charge >= 0.3 is 0 Å². The lowest BCUT2D eigenvalue weighted by molar-refractivity contribution is 0.111. The van der Waals surface area contributed by atoms with Crippen LogP contribution in [0.2, 0.25) is 0 Å². The predicted molar refractivity (Wildman–Crippen MR) is 114 cm³/mol. The van der Waals surface area contributed by atoms with Gasteiger partial charge in [-0.15, -0.1) is 0 Å². The number of aryl methyl sites for hydroxylation is 1. The van der Waals surface area contributed by atoms with Crippen LogP contribution in [0.1, 0.15) is 132 Å². The third-order valence-electron chi connectivity index (χ3n) is 5.45. The zero-order valence-electron chi connectivity index (χ0n) is 17.4. The number of hydrogen-bond acceptors (Lipinski definition) is 1. The molecular formula is C24H43NO. The Morgan fingerprint density at radius 1 is 0.654 bits per heavy atom. The summed E-state index contributed by atoms with van der Waals surface area (Å²) in [6.45, 7) is 2.29. The van der Waals surface area contributed by atoms with Crippen molar-refractivity contribution in [3.05, 3.63) is 23.5 Å². The number of carbonyl (C=O) groups is 1. The Labute approximate surface area is 162 Å². The Bertz CT molecular complexity index is 424. The van der Waals surface area contributed by atoms with E-state index in [4.69, 9.17) is 0 Å². The van der Waals surface area contributed by atoms with Crippen LogP contribution < -0.4 is 0 Å². The molecule has 0 atom stereocenters. The van der Waals surface area contributed by atoms with Crippen molar-refractivity contribution in [3.8, 4) is 0 Å². The molecule has 150 valence electrons. The van der Waals surface area contributed by atoms with Crippen molar-refractivity contribution in [1.29, 1.82) is 0 Å². The molecule has 0 radical (unpaired) electrons. The highest BCUT2D eigenvalue weighted by Gasteiger charge is 1.98. The summed E-state index contributed by atoms with van der Waals surface area (Å²) in [7, 11) is 0. The summed E-state index contributed by atoms with van der Waals surface area (Å²) in [5.74, 6) is 0. The molecule has 26 heavy (non-hydrogen) atoms. The van der Waals surface area contributed by atoms with Crippen LogP contribution in [0.4, 0.5) is 0 Å². The molecular weight excluding hydrogens is 318 g/mol. The Morgan fingerprint density at radius 2 is 1.08 bits per heavy atom. The fourth-order valence-electron chi connectivity index (χ4n) is 3.71. The van der Waals surface area contributed by atoms with Gasteiger partial charge in [-0.1, -0.05) is 110 Å². The second kappa shape index (κ2) is 17.4. The summed E-state index contributed by atoms with van der Waals surface area (Å²) in [4.78, 5) is 13.8.